The number of primary amides is 1. The second kappa shape index (κ2) is 10.3. The van der Waals surface area contributed by atoms with Gasteiger partial charge in [0, 0.05) is 25.1 Å². The Kier molecular flexibility index (Phi) is 7.84. The van der Waals surface area contributed by atoms with E-state index in [4.69, 9.17) is 5.73 Å². The van der Waals surface area contributed by atoms with Gasteiger partial charge in [-0.2, -0.15) is 0 Å². The predicted octanol–water partition coefficient (Wildman–Crippen LogP) is 1.01. The second-order valence-corrected chi connectivity index (χ2v) is 7.90. The van der Waals surface area contributed by atoms with Gasteiger partial charge in [-0.15, -0.1) is 6.58 Å². The second-order valence-electron chi connectivity index (χ2n) is 6.14. The first kappa shape index (κ1) is 22.8. The smallest absolute Gasteiger partial charge is 0.255 e. The van der Waals surface area contributed by atoms with Gasteiger partial charge in [-0.25, -0.2) is 13.1 Å². The van der Waals surface area contributed by atoms with Crippen molar-refractivity contribution in [3.8, 4) is 0 Å². The molecule has 0 saturated carbocycles. The molecule has 10 heteroatoms. The van der Waals surface area contributed by atoms with Crippen molar-refractivity contribution in [3.05, 3.63) is 72.3 Å². The Morgan fingerprint density at radius 3 is 2.30 bits per heavy atom. The number of carbonyl (C=O) groups excluding carboxylic acids is 3. The Morgan fingerprint density at radius 2 is 1.67 bits per heavy atom. The zero-order valence-corrected chi connectivity index (χ0v) is 16.9. The van der Waals surface area contributed by atoms with Gasteiger partial charge in [0.15, 0.2) is 0 Å². The highest BCUT2D eigenvalue weighted by molar-refractivity contribution is 7.89. The van der Waals surface area contributed by atoms with Gasteiger partial charge in [-0.1, -0.05) is 18.2 Å². The lowest BCUT2D eigenvalue weighted by molar-refractivity contribution is -0.117. The molecule has 0 atom stereocenters. The minimum atomic E-state index is -3.70. The van der Waals surface area contributed by atoms with Crippen LogP contribution >= 0.6 is 0 Å². The molecule has 0 spiro atoms. The van der Waals surface area contributed by atoms with Gasteiger partial charge in [0.25, 0.3) is 11.8 Å². The number of sulfonamides is 1. The molecule has 0 aromatic heterocycles. The van der Waals surface area contributed by atoms with Crippen molar-refractivity contribution in [1.29, 1.82) is 0 Å². The lowest BCUT2D eigenvalue weighted by atomic mass is 10.1. The summed E-state index contributed by atoms with van der Waals surface area (Å²) in [5.74, 6) is -1.53. The van der Waals surface area contributed by atoms with Crippen LogP contribution < -0.4 is 21.1 Å². The third-order valence-corrected chi connectivity index (χ3v) is 5.36. The highest BCUT2D eigenvalue weighted by Gasteiger charge is 2.16. The van der Waals surface area contributed by atoms with Crippen LogP contribution in [0.5, 0.6) is 0 Å². The molecule has 0 aliphatic carbocycles. The number of hydrogen-bond donors (Lipinski definition) is 4. The monoisotopic (exact) mass is 430 g/mol. The lowest BCUT2D eigenvalue weighted by Crippen LogP contribution is -2.28. The largest absolute Gasteiger partial charge is 0.370 e. The first-order valence-electron chi connectivity index (χ1n) is 8.92. The number of nitrogens with two attached hydrogens (primary N) is 1. The lowest BCUT2D eigenvalue weighted by Gasteiger charge is -2.11. The van der Waals surface area contributed by atoms with Crippen molar-refractivity contribution in [2.45, 2.75) is 11.3 Å². The van der Waals surface area contributed by atoms with Crippen LogP contribution in [0.2, 0.25) is 0 Å². The number of nitrogens with one attached hydrogen (secondary N) is 3. The van der Waals surface area contributed by atoms with Gasteiger partial charge < -0.3 is 16.4 Å². The third kappa shape index (κ3) is 6.26. The van der Waals surface area contributed by atoms with E-state index in [2.05, 4.69) is 21.9 Å². The summed E-state index contributed by atoms with van der Waals surface area (Å²) in [6.45, 7) is 3.61. The maximum Gasteiger partial charge on any atom is 0.255 e. The number of para-hydroxylation sites is 1. The Morgan fingerprint density at radius 1 is 1.00 bits per heavy atom. The van der Waals surface area contributed by atoms with E-state index in [1.165, 1.54) is 36.4 Å². The first-order chi connectivity index (χ1) is 14.2. The molecule has 0 heterocycles. The maximum absolute atomic E-state index is 12.5. The van der Waals surface area contributed by atoms with Gasteiger partial charge in [-0.3, -0.25) is 14.4 Å². The quantitative estimate of drug-likeness (QED) is 0.415. The van der Waals surface area contributed by atoms with Crippen LogP contribution in [0.1, 0.15) is 27.1 Å². The summed E-state index contributed by atoms with van der Waals surface area (Å²) in [4.78, 5) is 35.7. The average Bonchev–Trinajstić information content (AvgIpc) is 2.72. The van der Waals surface area contributed by atoms with Crippen LogP contribution in [0, 0.1) is 0 Å². The van der Waals surface area contributed by atoms with Gasteiger partial charge in [0.2, 0.25) is 15.9 Å². The van der Waals surface area contributed by atoms with Crippen molar-refractivity contribution in [1.82, 2.24) is 10.0 Å². The molecule has 2 aromatic carbocycles. The van der Waals surface area contributed by atoms with E-state index in [-0.39, 0.29) is 41.2 Å². The van der Waals surface area contributed by atoms with Gasteiger partial charge in [-0.05, 0) is 36.4 Å². The Hall–Kier alpha value is -3.50. The van der Waals surface area contributed by atoms with Gasteiger partial charge in [0.05, 0.1) is 16.1 Å². The van der Waals surface area contributed by atoms with Crippen LogP contribution in [-0.4, -0.2) is 39.2 Å². The third-order valence-electron chi connectivity index (χ3n) is 3.92. The number of hydrogen-bond acceptors (Lipinski definition) is 5. The molecule has 0 unspecified atom stereocenters. The molecule has 30 heavy (non-hydrogen) atoms. The maximum atomic E-state index is 12.5. The molecule has 0 fully saturated rings. The number of anilines is 1. The molecule has 5 N–H and O–H groups in total. The van der Waals surface area contributed by atoms with E-state index >= 15 is 0 Å². The summed E-state index contributed by atoms with van der Waals surface area (Å²) >= 11 is 0. The fourth-order valence-corrected chi connectivity index (χ4v) is 3.41. The van der Waals surface area contributed by atoms with Gasteiger partial charge in [0.1, 0.15) is 0 Å². The van der Waals surface area contributed by atoms with E-state index < -0.39 is 27.7 Å². The molecule has 9 nitrogen and oxygen atoms in total. The minimum absolute atomic E-state index is 0.00280. The van der Waals surface area contributed by atoms with Crippen molar-refractivity contribution in [2.75, 3.05) is 18.4 Å². The highest BCUT2D eigenvalue weighted by atomic mass is 32.2. The number of benzene rings is 2. The fraction of sp³-hybridized carbons (Fsp3) is 0.150. The normalized spacial score (nSPS) is 10.8. The number of rotatable bonds is 10. The Labute approximate surface area is 174 Å². The standard InChI is InChI=1S/C20H22N4O5S/c1-2-12-23-30(28,29)15-9-7-14(8-10-15)19(26)24-17-6-4-3-5-16(17)20(27)22-13-11-18(21)25/h2-10,23H,1,11-13H2,(H2,21,25)(H,22,27)(H,24,26). The molecular weight excluding hydrogens is 408 g/mol. The molecule has 158 valence electrons. The SMILES string of the molecule is C=CCNS(=O)(=O)c1ccc(C(=O)Nc2ccccc2C(=O)NCCC(N)=O)cc1. The van der Waals surface area contributed by atoms with E-state index in [1.54, 1.807) is 18.2 Å². The number of carbonyl (C=O) groups is 3. The van der Waals surface area contributed by atoms with Crippen LogP contribution in [0.3, 0.4) is 0 Å². The molecule has 0 radical (unpaired) electrons. The first-order valence-corrected chi connectivity index (χ1v) is 10.4. The highest BCUT2D eigenvalue weighted by Crippen LogP contribution is 2.17. The summed E-state index contributed by atoms with van der Waals surface area (Å²) in [5, 5.41) is 5.18. The van der Waals surface area contributed by atoms with Crippen LogP contribution in [0.15, 0.2) is 66.1 Å². The molecule has 0 aliphatic rings. The minimum Gasteiger partial charge on any atom is -0.370 e. The fourth-order valence-electron chi connectivity index (χ4n) is 2.42. The summed E-state index contributed by atoms with van der Waals surface area (Å²) in [5.41, 5.74) is 5.73. The van der Waals surface area contributed by atoms with Crippen LogP contribution in [-0.2, 0) is 14.8 Å². The molecular formula is C20H22N4O5S. The van der Waals surface area contributed by atoms with Crippen molar-refractivity contribution in [2.24, 2.45) is 5.73 Å². The Balaban J connectivity index is 2.12. The zero-order chi connectivity index (χ0) is 22.1. The Bertz CT molecular complexity index is 1050. The van der Waals surface area contributed by atoms with Gasteiger partial charge >= 0.3 is 0 Å². The molecule has 0 bridgehead atoms. The topological polar surface area (TPSA) is 147 Å². The van der Waals surface area contributed by atoms with E-state index in [0.717, 1.165) is 0 Å². The van der Waals surface area contributed by atoms with E-state index in [0.29, 0.717) is 0 Å². The van der Waals surface area contributed by atoms with Crippen LogP contribution in [0.4, 0.5) is 5.69 Å². The summed E-state index contributed by atoms with van der Waals surface area (Å²) in [7, 11) is -3.70. The number of amides is 3. The average molecular weight is 430 g/mol. The summed E-state index contributed by atoms with van der Waals surface area (Å²) < 4.78 is 26.5. The molecule has 0 saturated heterocycles. The van der Waals surface area contributed by atoms with E-state index in [9.17, 15) is 22.8 Å². The van der Waals surface area contributed by atoms with E-state index in [1.807, 2.05) is 0 Å². The molecule has 0 aliphatic heterocycles. The molecule has 2 rings (SSSR count). The van der Waals surface area contributed by atoms with Crippen molar-refractivity contribution < 1.29 is 22.8 Å². The van der Waals surface area contributed by atoms with Crippen molar-refractivity contribution in [3.63, 3.8) is 0 Å². The molecule has 2 aromatic rings. The van der Waals surface area contributed by atoms with Crippen LogP contribution in [0.25, 0.3) is 0 Å². The zero-order valence-electron chi connectivity index (χ0n) is 16.1. The summed E-state index contributed by atoms with van der Waals surface area (Å²) in [6.07, 6.45) is 1.41. The molecule has 3 amide bonds. The predicted molar refractivity (Wildman–Crippen MR) is 112 cm³/mol. The summed E-state index contributed by atoms with van der Waals surface area (Å²) in [6, 6.07) is 11.7. The van der Waals surface area contributed by atoms with Crippen molar-refractivity contribution >= 4 is 33.4 Å².